The predicted octanol–water partition coefficient (Wildman–Crippen LogP) is 2.17. The summed E-state index contributed by atoms with van der Waals surface area (Å²) in [6, 6.07) is 11.0. The van der Waals surface area contributed by atoms with Crippen molar-refractivity contribution in [1.82, 2.24) is 10.2 Å². The Morgan fingerprint density at radius 2 is 2.07 bits per heavy atom. The van der Waals surface area contributed by atoms with Gasteiger partial charge < -0.3 is 20.1 Å². The van der Waals surface area contributed by atoms with Crippen molar-refractivity contribution in [2.24, 2.45) is 4.99 Å². The second-order valence-corrected chi connectivity index (χ2v) is 9.81. The molecule has 2 aromatic rings. The fourth-order valence-corrected chi connectivity index (χ4v) is 5.07. The topological polar surface area (TPSA) is 91.2 Å². The number of para-hydroxylation sites is 1. The van der Waals surface area contributed by atoms with E-state index in [0.29, 0.717) is 25.7 Å². The number of likely N-dealkylation sites (N-methyl/N-ethyl adjacent to an activating group) is 1. The van der Waals surface area contributed by atoms with Crippen LogP contribution in [0.4, 0.5) is 0 Å². The maximum absolute atomic E-state index is 12.3. The maximum Gasteiger partial charge on any atom is 0.193 e. The van der Waals surface area contributed by atoms with Gasteiger partial charge in [0.15, 0.2) is 15.8 Å². The molecule has 2 N–H and O–H groups in total. The van der Waals surface area contributed by atoms with E-state index in [4.69, 9.17) is 4.74 Å². The van der Waals surface area contributed by atoms with Gasteiger partial charge in [0.1, 0.15) is 16.6 Å². The molecule has 0 amide bonds. The van der Waals surface area contributed by atoms with Gasteiger partial charge in [-0.05, 0) is 36.9 Å². The number of aliphatic hydroxyl groups is 1. The van der Waals surface area contributed by atoms with Crippen LogP contribution in [0.5, 0.6) is 5.75 Å². The minimum Gasteiger partial charge on any atom is -0.491 e. The number of thiophene rings is 1. The zero-order valence-corrected chi connectivity index (χ0v) is 18.7. The number of ether oxygens (including phenoxy) is 1. The smallest absolute Gasteiger partial charge is 0.193 e. The molecule has 0 aliphatic carbocycles. The van der Waals surface area contributed by atoms with Crippen LogP contribution in [0.3, 0.4) is 0 Å². The maximum atomic E-state index is 12.3. The Morgan fingerprint density at radius 3 is 2.72 bits per heavy atom. The van der Waals surface area contributed by atoms with Crippen molar-refractivity contribution in [2.75, 3.05) is 39.0 Å². The third-order valence-electron chi connectivity index (χ3n) is 4.14. The number of benzene rings is 1. The monoisotopic (exact) mass is 439 g/mol. The first-order valence-electron chi connectivity index (χ1n) is 9.45. The third-order valence-corrected chi connectivity index (χ3v) is 7.42. The van der Waals surface area contributed by atoms with Gasteiger partial charge in [-0.1, -0.05) is 24.3 Å². The highest BCUT2D eigenvalue weighted by molar-refractivity contribution is 7.93. The van der Waals surface area contributed by atoms with Crippen molar-refractivity contribution >= 4 is 27.1 Å². The number of nitrogens with zero attached hydrogens (tertiary/aromatic N) is 2. The lowest BCUT2D eigenvalue weighted by Crippen LogP contribution is -2.41. The van der Waals surface area contributed by atoms with Gasteiger partial charge in [-0.25, -0.2) is 8.42 Å². The summed E-state index contributed by atoms with van der Waals surface area (Å²) in [5.41, 5.74) is 1.07. The molecule has 0 aliphatic rings. The van der Waals surface area contributed by atoms with Crippen LogP contribution in [0.1, 0.15) is 12.5 Å². The fraction of sp³-hybridized carbons (Fsp3) is 0.450. The number of nitrogens with one attached hydrogen (secondary N) is 1. The van der Waals surface area contributed by atoms with E-state index < -0.39 is 15.9 Å². The molecule has 2 rings (SSSR count). The van der Waals surface area contributed by atoms with Crippen LogP contribution in [0.15, 0.2) is 51.0 Å². The highest BCUT2D eigenvalue weighted by Gasteiger charge is 2.21. The Balaban J connectivity index is 1.89. The molecule has 0 bridgehead atoms. The Morgan fingerprint density at radius 1 is 1.31 bits per heavy atom. The number of hydrogen-bond donors (Lipinski definition) is 2. The second-order valence-electron chi connectivity index (χ2n) is 6.60. The lowest BCUT2D eigenvalue weighted by molar-refractivity contribution is 0.205. The largest absolute Gasteiger partial charge is 0.491 e. The number of hydrogen-bond acceptors (Lipinski definition) is 6. The molecule has 0 saturated heterocycles. The number of rotatable bonds is 10. The fourth-order valence-electron chi connectivity index (χ4n) is 2.61. The standard InChI is InChI=1S/C20H29N3O4S2/c1-4-21-20(23(3)11-12-27-18-9-6-5-8-16(18)2)22-14-17(24)15-29(25,26)19-10-7-13-28-19/h5-10,13,17,24H,4,11-12,14-15H2,1-3H3,(H,21,22). The molecule has 29 heavy (non-hydrogen) atoms. The molecule has 160 valence electrons. The van der Waals surface area contributed by atoms with E-state index in [1.165, 1.54) is 0 Å². The average Bonchev–Trinajstić information content (AvgIpc) is 3.22. The summed E-state index contributed by atoms with van der Waals surface area (Å²) in [5.74, 6) is 1.08. The molecule has 0 saturated carbocycles. The molecule has 0 radical (unpaired) electrons. The van der Waals surface area contributed by atoms with Gasteiger partial charge in [0.2, 0.25) is 0 Å². The van der Waals surface area contributed by atoms with Gasteiger partial charge in [0.05, 0.1) is 24.9 Å². The van der Waals surface area contributed by atoms with Gasteiger partial charge in [-0.2, -0.15) is 0 Å². The Bertz CT molecular complexity index is 883. The molecule has 1 heterocycles. The van der Waals surface area contributed by atoms with Crippen molar-refractivity contribution in [3.8, 4) is 5.75 Å². The Hall–Kier alpha value is -2.10. The molecule has 0 spiro atoms. The summed E-state index contributed by atoms with van der Waals surface area (Å²) < 4.78 is 30.6. The molecule has 0 fully saturated rings. The molecule has 1 unspecified atom stereocenters. The highest BCUT2D eigenvalue weighted by atomic mass is 32.2. The summed E-state index contributed by atoms with van der Waals surface area (Å²) in [6.45, 7) is 5.66. The zero-order valence-electron chi connectivity index (χ0n) is 17.0. The molecular formula is C20H29N3O4S2. The van der Waals surface area contributed by atoms with Crippen molar-refractivity contribution in [1.29, 1.82) is 0 Å². The minimum atomic E-state index is -3.50. The zero-order chi connectivity index (χ0) is 21.3. The van der Waals surface area contributed by atoms with Gasteiger partial charge in [0.25, 0.3) is 0 Å². The molecule has 7 nitrogen and oxygen atoms in total. The summed E-state index contributed by atoms with van der Waals surface area (Å²) in [4.78, 5) is 6.28. The van der Waals surface area contributed by atoms with Crippen LogP contribution in [-0.4, -0.2) is 69.5 Å². The number of aliphatic hydroxyl groups excluding tert-OH is 1. The van der Waals surface area contributed by atoms with Gasteiger partial charge in [-0.15, -0.1) is 11.3 Å². The summed E-state index contributed by atoms with van der Waals surface area (Å²) in [7, 11) is -1.63. The van der Waals surface area contributed by atoms with Crippen molar-refractivity contribution in [3.63, 3.8) is 0 Å². The molecule has 0 aliphatic heterocycles. The first-order chi connectivity index (χ1) is 13.8. The van der Waals surface area contributed by atoms with Crippen LogP contribution in [-0.2, 0) is 9.84 Å². The predicted molar refractivity (Wildman–Crippen MR) is 118 cm³/mol. The van der Waals surface area contributed by atoms with E-state index in [1.807, 2.05) is 50.1 Å². The highest BCUT2D eigenvalue weighted by Crippen LogP contribution is 2.18. The van der Waals surface area contributed by atoms with E-state index in [9.17, 15) is 13.5 Å². The third kappa shape index (κ3) is 7.34. The van der Waals surface area contributed by atoms with Gasteiger partial charge in [-0.3, -0.25) is 4.99 Å². The number of aryl methyl sites for hydroxylation is 1. The second kappa shape index (κ2) is 11.2. The summed E-state index contributed by atoms with van der Waals surface area (Å²) in [5, 5.41) is 15.0. The van der Waals surface area contributed by atoms with Crippen molar-refractivity contribution in [3.05, 3.63) is 47.3 Å². The van der Waals surface area contributed by atoms with Crippen molar-refractivity contribution in [2.45, 2.75) is 24.2 Å². The Kier molecular flexibility index (Phi) is 8.94. The molecule has 1 atom stereocenters. The van der Waals surface area contributed by atoms with E-state index in [-0.39, 0.29) is 16.5 Å². The molecule has 1 aromatic heterocycles. The lowest BCUT2D eigenvalue weighted by atomic mass is 10.2. The molecule has 9 heteroatoms. The first kappa shape index (κ1) is 23.2. The van der Waals surface area contributed by atoms with Crippen molar-refractivity contribution < 1.29 is 18.3 Å². The van der Waals surface area contributed by atoms with E-state index in [1.54, 1.807) is 17.5 Å². The molecule has 1 aromatic carbocycles. The minimum absolute atomic E-state index is 0.00404. The quantitative estimate of drug-likeness (QED) is 0.436. The van der Waals surface area contributed by atoms with Gasteiger partial charge in [0, 0.05) is 13.6 Å². The van der Waals surface area contributed by atoms with Crippen LogP contribution >= 0.6 is 11.3 Å². The first-order valence-corrected chi connectivity index (χ1v) is 12.0. The molecular weight excluding hydrogens is 410 g/mol. The lowest BCUT2D eigenvalue weighted by Gasteiger charge is -2.22. The summed E-state index contributed by atoms with van der Waals surface area (Å²) >= 11 is 1.15. The van der Waals surface area contributed by atoms with Gasteiger partial charge >= 0.3 is 0 Å². The SMILES string of the molecule is CCNC(=NCC(O)CS(=O)(=O)c1cccs1)N(C)CCOc1ccccc1C. The Labute approximate surface area is 177 Å². The average molecular weight is 440 g/mol. The van der Waals surface area contributed by atoms with Crippen LogP contribution in [0.25, 0.3) is 0 Å². The van der Waals surface area contributed by atoms with Crippen LogP contribution < -0.4 is 10.1 Å². The summed E-state index contributed by atoms with van der Waals surface area (Å²) in [6.07, 6.45) is -1.08. The van der Waals surface area contributed by atoms with E-state index in [2.05, 4.69) is 10.3 Å². The van der Waals surface area contributed by atoms with E-state index >= 15 is 0 Å². The number of aliphatic imine (C=N–C) groups is 1. The van der Waals surface area contributed by atoms with E-state index in [0.717, 1.165) is 22.6 Å². The normalized spacial score (nSPS) is 13.2. The number of sulfone groups is 1. The van der Waals surface area contributed by atoms with Crippen LogP contribution in [0.2, 0.25) is 0 Å². The van der Waals surface area contributed by atoms with Crippen LogP contribution in [0, 0.1) is 6.92 Å². The number of guanidine groups is 1.